The topological polar surface area (TPSA) is 163 Å². The molecule has 3 heterocycles. The Kier molecular flexibility index (Phi) is 14.1. The van der Waals surface area contributed by atoms with Gasteiger partial charge in [0.1, 0.15) is 0 Å². The SMILES string of the molecule is O=C(O)[C@@H](Cc1cccc(CN(CCNc2cccc(C[C@H](C(=O)O)[C@H]3CCNC3)c2)Cc2cccc(C[C@H](C(=O)O)[C@H]3CCNC3)c2)c1)[C@H]1CCNC1. The van der Waals surface area contributed by atoms with Gasteiger partial charge in [0.25, 0.3) is 0 Å². The number of hydrogen-bond donors (Lipinski definition) is 7. The zero-order chi connectivity index (χ0) is 37.9. The number of carboxylic acids is 3. The van der Waals surface area contributed by atoms with Crippen LogP contribution in [0.25, 0.3) is 0 Å². The molecule has 3 aromatic carbocycles. The van der Waals surface area contributed by atoms with E-state index in [2.05, 4.69) is 56.5 Å². The summed E-state index contributed by atoms with van der Waals surface area (Å²) in [6, 6.07) is 24.7. The standard InChI is InChI=1S/C43H57N5O6/c49-41(50)38(34-10-13-44-24-34)21-29-4-1-7-32(18-29)27-48(28-33-8-2-5-30(19-33)22-39(42(51)52)35-11-14-45-25-35)17-16-47-37-9-3-6-31(20-37)23-40(43(53)54)36-12-15-46-26-36/h1-9,18-20,34-36,38-40,44-47H,10-17,21-28H2,(H,49,50)(H,51,52)(H,53,54)/t34-,35-,36-,38-,39-,40-/m0/s1. The number of hydrogen-bond acceptors (Lipinski definition) is 8. The first-order valence-electron chi connectivity index (χ1n) is 19.7. The van der Waals surface area contributed by atoms with Crippen molar-refractivity contribution in [1.82, 2.24) is 20.9 Å². The Morgan fingerprint density at radius 1 is 0.593 bits per heavy atom. The first-order valence-corrected chi connectivity index (χ1v) is 19.7. The lowest BCUT2D eigenvalue weighted by molar-refractivity contribution is -0.144. The van der Waals surface area contributed by atoms with Crippen molar-refractivity contribution >= 4 is 23.6 Å². The Bertz CT molecular complexity index is 1620. The zero-order valence-electron chi connectivity index (χ0n) is 31.2. The van der Waals surface area contributed by atoms with Gasteiger partial charge in [-0.15, -0.1) is 0 Å². The maximum atomic E-state index is 12.3. The van der Waals surface area contributed by atoms with Gasteiger partial charge in [-0.25, -0.2) is 0 Å². The van der Waals surface area contributed by atoms with E-state index < -0.39 is 35.7 Å². The molecule has 0 unspecified atom stereocenters. The third kappa shape index (κ3) is 11.1. The summed E-state index contributed by atoms with van der Waals surface area (Å²) in [6.45, 7) is 7.48. The van der Waals surface area contributed by atoms with E-state index in [-0.39, 0.29) is 17.8 Å². The second kappa shape index (κ2) is 19.3. The van der Waals surface area contributed by atoms with E-state index in [4.69, 9.17) is 0 Å². The molecular formula is C43H57N5O6. The van der Waals surface area contributed by atoms with E-state index in [9.17, 15) is 29.7 Å². The van der Waals surface area contributed by atoms with E-state index in [1.807, 2.05) is 42.5 Å². The van der Waals surface area contributed by atoms with Crippen LogP contribution in [0.3, 0.4) is 0 Å². The van der Waals surface area contributed by atoms with Gasteiger partial charge in [0, 0.05) is 31.9 Å². The summed E-state index contributed by atoms with van der Waals surface area (Å²) in [5.41, 5.74) is 6.23. The second-order valence-electron chi connectivity index (χ2n) is 15.7. The van der Waals surface area contributed by atoms with Crippen molar-refractivity contribution in [1.29, 1.82) is 0 Å². The number of anilines is 1. The summed E-state index contributed by atoms with van der Waals surface area (Å²) < 4.78 is 0. The number of benzene rings is 3. The summed E-state index contributed by atoms with van der Waals surface area (Å²) in [5.74, 6) is -3.11. The number of carbonyl (C=O) groups is 3. The molecule has 6 rings (SSSR count). The summed E-state index contributed by atoms with van der Waals surface area (Å²) in [5, 5.41) is 43.6. The average molecular weight is 740 g/mol. The van der Waals surface area contributed by atoms with Gasteiger partial charge in [-0.2, -0.15) is 0 Å². The summed E-state index contributed by atoms with van der Waals surface area (Å²) in [7, 11) is 0. The molecular weight excluding hydrogens is 683 g/mol. The Morgan fingerprint density at radius 3 is 1.37 bits per heavy atom. The number of aliphatic carboxylic acids is 3. The predicted molar refractivity (Wildman–Crippen MR) is 209 cm³/mol. The van der Waals surface area contributed by atoms with Crippen LogP contribution in [0.5, 0.6) is 0 Å². The van der Waals surface area contributed by atoms with E-state index in [1.165, 1.54) is 0 Å². The van der Waals surface area contributed by atoms with Crippen molar-refractivity contribution in [3.63, 3.8) is 0 Å². The van der Waals surface area contributed by atoms with Crippen LogP contribution >= 0.6 is 0 Å². The largest absolute Gasteiger partial charge is 0.481 e. The van der Waals surface area contributed by atoms with Gasteiger partial charge >= 0.3 is 17.9 Å². The van der Waals surface area contributed by atoms with Crippen molar-refractivity contribution in [3.8, 4) is 0 Å². The molecule has 0 spiro atoms. The minimum atomic E-state index is -0.742. The molecule has 3 saturated heterocycles. The maximum Gasteiger partial charge on any atom is 0.307 e. The van der Waals surface area contributed by atoms with Gasteiger partial charge in [0.05, 0.1) is 17.8 Å². The number of carboxylic acid groups (broad SMARTS) is 3. The van der Waals surface area contributed by atoms with Crippen LogP contribution in [-0.4, -0.2) is 90.5 Å². The highest BCUT2D eigenvalue weighted by atomic mass is 16.4. The van der Waals surface area contributed by atoms with Gasteiger partial charge in [-0.05, 0) is 135 Å². The highest BCUT2D eigenvalue weighted by Crippen LogP contribution is 2.27. The van der Waals surface area contributed by atoms with E-state index in [0.717, 1.165) is 92.0 Å². The fraction of sp³-hybridized carbons (Fsp3) is 0.512. The van der Waals surface area contributed by atoms with Crippen molar-refractivity contribution in [2.45, 2.75) is 51.6 Å². The smallest absolute Gasteiger partial charge is 0.307 e. The van der Waals surface area contributed by atoms with Crippen LogP contribution in [0.4, 0.5) is 5.69 Å². The minimum absolute atomic E-state index is 0.125. The van der Waals surface area contributed by atoms with Crippen molar-refractivity contribution in [2.24, 2.45) is 35.5 Å². The Balaban J connectivity index is 1.15. The number of nitrogens with zero attached hydrogens (tertiary/aromatic N) is 1. The van der Waals surface area contributed by atoms with Crippen LogP contribution in [0, 0.1) is 35.5 Å². The highest BCUT2D eigenvalue weighted by molar-refractivity contribution is 5.72. The molecule has 3 aromatic rings. The molecule has 0 aromatic heterocycles. The van der Waals surface area contributed by atoms with Gasteiger partial charge in [0.2, 0.25) is 0 Å². The lowest BCUT2D eigenvalue weighted by Gasteiger charge is -2.25. The molecule has 6 atom stereocenters. The summed E-state index contributed by atoms with van der Waals surface area (Å²) >= 11 is 0. The molecule has 0 radical (unpaired) electrons. The molecule has 3 aliphatic rings. The van der Waals surface area contributed by atoms with Gasteiger partial charge < -0.3 is 36.6 Å². The molecule has 54 heavy (non-hydrogen) atoms. The third-order valence-electron chi connectivity index (χ3n) is 11.8. The molecule has 0 saturated carbocycles. The first kappa shape index (κ1) is 39.4. The van der Waals surface area contributed by atoms with Gasteiger partial charge in [-0.1, -0.05) is 60.7 Å². The fourth-order valence-electron chi connectivity index (χ4n) is 8.80. The van der Waals surface area contributed by atoms with Crippen LogP contribution in [0.15, 0.2) is 72.8 Å². The Morgan fingerprint density at radius 2 is 0.981 bits per heavy atom. The highest BCUT2D eigenvalue weighted by Gasteiger charge is 2.32. The average Bonchev–Trinajstić information content (AvgIpc) is 3.97. The van der Waals surface area contributed by atoms with Gasteiger partial charge in [0.15, 0.2) is 0 Å². The van der Waals surface area contributed by atoms with Crippen LogP contribution in [0.2, 0.25) is 0 Å². The second-order valence-corrected chi connectivity index (χ2v) is 15.7. The van der Waals surface area contributed by atoms with Crippen molar-refractivity contribution in [2.75, 3.05) is 57.7 Å². The predicted octanol–water partition coefficient (Wildman–Crippen LogP) is 4.36. The molecule has 0 amide bonds. The summed E-state index contributed by atoms with van der Waals surface area (Å²) in [4.78, 5) is 39.0. The summed E-state index contributed by atoms with van der Waals surface area (Å²) in [6.07, 6.45) is 4.13. The maximum absolute atomic E-state index is 12.3. The zero-order valence-corrected chi connectivity index (χ0v) is 31.2. The lowest BCUT2D eigenvalue weighted by atomic mass is 9.86. The van der Waals surface area contributed by atoms with Crippen molar-refractivity contribution < 1.29 is 29.7 Å². The number of nitrogens with one attached hydrogen (secondary N) is 4. The third-order valence-corrected chi connectivity index (χ3v) is 11.8. The molecule has 11 heteroatoms. The fourth-order valence-corrected chi connectivity index (χ4v) is 8.80. The van der Waals surface area contributed by atoms with E-state index in [1.54, 1.807) is 0 Å². The van der Waals surface area contributed by atoms with Crippen LogP contribution in [-0.2, 0) is 46.7 Å². The quantitative estimate of drug-likeness (QED) is 0.0882. The molecule has 7 N–H and O–H groups in total. The van der Waals surface area contributed by atoms with E-state index >= 15 is 0 Å². The van der Waals surface area contributed by atoms with Crippen LogP contribution < -0.4 is 21.3 Å². The molecule has 3 aliphatic heterocycles. The minimum Gasteiger partial charge on any atom is -0.481 e. The molecule has 3 fully saturated rings. The van der Waals surface area contributed by atoms with E-state index in [0.29, 0.717) is 45.4 Å². The molecule has 11 nitrogen and oxygen atoms in total. The molecule has 0 aliphatic carbocycles. The van der Waals surface area contributed by atoms with Crippen LogP contribution in [0.1, 0.15) is 47.1 Å². The lowest BCUT2D eigenvalue weighted by Crippen LogP contribution is -2.29. The Hall–Kier alpha value is -4.29. The molecule has 0 bridgehead atoms. The van der Waals surface area contributed by atoms with Crippen molar-refractivity contribution in [3.05, 3.63) is 101 Å². The Labute approximate surface area is 318 Å². The monoisotopic (exact) mass is 739 g/mol. The normalized spacial score (nSPS) is 21.5. The van der Waals surface area contributed by atoms with Gasteiger partial charge in [-0.3, -0.25) is 19.3 Å². The first-order chi connectivity index (χ1) is 26.2. The molecule has 290 valence electrons. The number of rotatable bonds is 20.